The lowest BCUT2D eigenvalue weighted by Gasteiger charge is -2.06. The highest BCUT2D eigenvalue weighted by Crippen LogP contribution is 2.35. The summed E-state index contributed by atoms with van der Waals surface area (Å²) in [5.74, 6) is -2.45. The maximum atomic E-state index is 14.0. The van der Waals surface area contributed by atoms with Gasteiger partial charge in [0.25, 0.3) is 5.09 Å². The minimum Gasteiger partial charge on any atom is -0.422 e. The number of nitrogens with zero attached hydrogens (tertiary/aromatic N) is 1. The van der Waals surface area contributed by atoms with Gasteiger partial charge in [0, 0.05) is 5.56 Å². The van der Waals surface area contributed by atoms with Crippen LogP contribution in [0.3, 0.4) is 0 Å². The van der Waals surface area contributed by atoms with Crippen LogP contribution < -0.4 is 0 Å². The number of hydrogen-bond donors (Lipinski definition) is 0. The zero-order chi connectivity index (χ0) is 22.2. The third-order valence-corrected chi connectivity index (χ3v) is 8.46. The molecule has 0 saturated carbocycles. The van der Waals surface area contributed by atoms with Gasteiger partial charge in [-0.25, -0.2) is 25.6 Å². The van der Waals surface area contributed by atoms with Crippen LogP contribution in [-0.2, 0) is 25.4 Å². The Balaban J connectivity index is 1.89. The van der Waals surface area contributed by atoms with E-state index < -0.39 is 47.2 Å². The van der Waals surface area contributed by atoms with Crippen LogP contribution in [0, 0.1) is 11.6 Å². The van der Waals surface area contributed by atoms with E-state index in [4.69, 9.17) is 4.42 Å². The Kier molecular flexibility index (Phi) is 5.50. The molecule has 0 bridgehead atoms. The topological polar surface area (TPSA) is 94.3 Å². The van der Waals surface area contributed by atoms with Gasteiger partial charge in [-0.1, -0.05) is 24.3 Å². The number of sulfone groups is 2. The second-order valence-corrected chi connectivity index (χ2v) is 11.1. The van der Waals surface area contributed by atoms with Crippen molar-refractivity contribution in [1.82, 2.24) is 4.98 Å². The fraction of sp³-hybridized carbons (Fsp3) is 0.0500. The molecule has 0 N–H and O–H groups in total. The largest absolute Gasteiger partial charge is 0.422 e. The average molecular weight is 482 g/mol. The van der Waals surface area contributed by atoms with E-state index in [9.17, 15) is 25.6 Å². The molecule has 0 spiro atoms. The van der Waals surface area contributed by atoms with Crippen molar-refractivity contribution in [2.75, 3.05) is 0 Å². The normalized spacial score (nSPS) is 12.2. The molecule has 0 atom stereocenters. The fourth-order valence-electron chi connectivity index (χ4n) is 2.78. The third-order valence-electron chi connectivity index (χ3n) is 4.26. The van der Waals surface area contributed by atoms with Crippen molar-refractivity contribution in [1.29, 1.82) is 0 Å². The molecule has 4 aromatic rings. The molecule has 0 aliphatic carbocycles. The van der Waals surface area contributed by atoms with Crippen LogP contribution in [0.2, 0.25) is 0 Å². The first-order valence-electron chi connectivity index (χ1n) is 8.70. The van der Waals surface area contributed by atoms with Gasteiger partial charge in [-0.2, -0.15) is 4.98 Å². The third kappa shape index (κ3) is 4.16. The molecule has 0 radical (unpaired) electrons. The minimum atomic E-state index is -4.48. The van der Waals surface area contributed by atoms with E-state index >= 15 is 0 Å². The zero-order valence-corrected chi connectivity index (χ0v) is 18.0. The maximum Gasteiger partial charge on any atom is 0.258 e. The molecule has 31 heavy (non-hydrogen) atoms. The maximum absolute atomic E-state index is 14.0. The van der Waals surface area contributed by atoms with Crippen LogP contribution in [0.1, 0.15) is 5.56 Å². The van der Waals surface area contributed by atoms with Crippen molar-refractivity contribution in [3.63, 3.8) is 0 Å². The van der Waals surface area contributed by atoms with Gasteiger partial charge in [0.05, 0.1) is 15.5 Å². The smallest absolute Gasteiger partial charge is 0.258 e. The summed E-state index contributed by atoms with van der Waals surface area (Å²) in [5, 5.41) is -0.0522. The first-order valence-corrected chi connectivity index (χ1v) is 12.7. The number of benzene rings is 2. The Labute approximate surface area is 180 Å². The Morgan fingerprint density at radius 3 is 2.26 bits per heavy atom. The van der Waals surface area contributed by atoms with E-state index in [2.05, 4.69) is 4.98 Å². The summed E-state index contributed by atoms with van der Waals surface area (Å²) in [6.45, 7) is 0. The summed E-state index contributed by atoms with van der Waals surface area (Å²) in [6, 6.07) is 12.3. The molecule has 2 aromatic carbocycles. The van der Waals surface area contributed by atoms with Gasteiger partial charge >= 0.3 is 0 Å². The van der Waals surface area contributed by atoms with Gasteiger partial charge in [-0.15, -0.1) is 11.3 Å². The lowest BCUT2D eigenvalue weighted by molar-refractivity contribution is 0.445. The van der Waals surface area contributed by atoms with Crippen LogP contribution in [-0.4, -0.2) is 21.8 Å². The van der Waals surface area contributed by atoms with E-state index in [0.29, 0.717) is 4.88 Å². The molecule has 11 heteroatoms. The number of oxazole rings is 1. The first kappa shape index (κ1) is 21.3. The number of hydrogen-bond acceptors (Lipinski definition) is 7. The zero-order valence-electron chi connectivity index (χ0n) is 15.5. The summed E-state index contributed by atoms with van der Waals surface area (Å²) >= 11 is 1.17. The molecule has 0 unspecified atom stereocenters. The van der Waals surface area contributed by atoms with Gasteiger partial charge in [0.1, 0.15) is 11.6 Å². The van der Waals surface area contributed by atoms with Crippen molar-refractivity contribution in [2.45, 2.75) is 20.8 Å². The number of halogens is 2. The van der Waals surface area contributed by atoms with Gasteiger partial charge in [0.15, 0.2) is 0 Å². The molecule has 2 aromatic heterocycles. The van der Waals surface area contributed by atoms with Crippen molar-refractivity contribution in [3.8, 4) is 10.8 Å². The average Bonchev–Trinajstić information content (AvgIpc) is 3.40. The van der Waals surface area contributed by atoms with Gasteiger partial charge in [0.2, 0.25) is 30.6 Å². The van der Waals surface area contributed by atoms with Crippen LogP contribution in [0.5, 0.6) is 0 Å². The lowest BCUT2D eigenvalue weighted by Crippen LogP contribution is -2.12. The van der Waals surface area contributed by atoms with Gasteiger partial charge < -0.3 is 4.42 Å². The second kappa shape index (κ2) is 7.98. The van der Waals surface area contributed by atoms with Crippen molar-refractivity contribution < 1.29 is 30.0 Å². The second-order valence-electron chi connectivity index (χ2n) is 6.40. The standard InChI is InChI=1S/C20H13F2NO5S3/c21-14-7-9-15(10-8-14)31(26,27)19-20(28-18(23-19)17-6-3-11-29-17)30(24,25)12-13-4-1-2-5-16(13)22/h1-11H,12H2. The quantitative estimate of drug-likeness (QED) is 0.377. The van der Waals surface area contributed by atoms with E-state index in [0.717, 1.165) is 30.3 Å². The monoisotopic (exact) mass is 481 g/mol. The molecule has 6 nitrogen and oxygen atoms in total. The minimum absolute atomic E-state index is 0.151. The number of rotatable bonds is 6. The van der Waals surface area contributed by atoms with Gasteiger partial charge in [-0.3, -0.25) is 0 Å². The van der Waals surface area contributed by atoms with Crippen LogP contribution in [0.15, 0.2) is 85.5 Å². The number of thiophene rings is 1. The van der Waals surface area contributed by atoms with E-state index in [-0.39, 0.29) is 16.3 Å². The van der Waals surface area contributed by atoms with Crippen molar-refractivity contribution >= 4 is 31.0 Å². The Bertz CT molecular complexity index is 1440. The Morgan fingerprint density at radius 2 is 1.61 bits per heavy atom. The molecular weight excluding hydrogens is 468 g/mol. The van der Waals surface area contributed by atoms with E-state index in [1.165, 1.54) is 29.5 Å². The van der Waals surface area contributed by atoms with Crippen LogP contribution in [0.25, 0.3) is 10.8 Å². The molecule has 2 heterocycles. The molecule has 0 aliphatic rings. The predicted octanol–water partition coefficient (Wildman–Crippen LogP) is 4.49. The Morgan fingerprint density at radius 1 is 0.903 bits per heavy atom. The summed E-state index contributed by atoms with van der Waals surface area (Å²) in [5.41, 5.74) is -0.151. The predicted molar refractivity (Wildman–Crippen MR) is 109 cm³/mol. The molecule has 0 fully saturated rings. The SMILES string of the molecule is O=S(=O)(Cc1ccccc1F)c1oc(-c2cccs2)nc1S(=O)(=O)c1ccc(F)cc1. The van der Waals surface area contributed by atoms with Crippen LogP contribution >= 0.6 is 11.3 Å². The highest BCUT2D eigenvalue weighted by atomic mass is 32.2. The highest BCUT2D eigenvalue weighted by molar-refractivity contribution is 7.94. The van der Waals surface area contributed by atoms with E-state index in [1.54, 1.807) is 17.5 Å². The number of aromatic nitrogens is 1. The molecular formula is C20H13F2NO5S3. The molecule has 160 valence electrons. The van der Waals surface area contributed by atoms with Crippen LogP contribution in [0.4, 0.5) is 8.78 Å². The summed E-state index contributed by atoms with van der Waals surface area (Å²) in [4.78, 5) is 3.99. The summed E-state index contributed by atoms with van der Waals surface area (Å²) in [7, 11) is -8.94. The molecule has 0 saturated heterocycles. The molecule has 0 aliphatic heterocycles. The van der Waals surface area contributed by atoms with Crippen molar-refractivity contribution in [2.24, 2.45) is 0 Å². The summed E-state index contributed by atoms with van der Waals surface area (Å²) < 4.78 is 85.1. The van der Waals surface area contributed by atoms with E-state index in [1.807, 2.05) is 0 Å². The molecule has 4 rings (SSSR count). The molecule has 0 amide bonds. The Hall–Kier alpha value is -2.89. The first-order chi connectivity index (χ1) is 14.7. The lowest BCUT2D eigenvalue weighted by atomic mass is 10.2. The van der Waals surface area contributed by atoms with Gasteiger partial charge in [-0.05, 0) is 41.8 Å². The summed E-state index contributed by atoms with van der Waals surface area (Å²) in [6.07, 6.45) is 0. The van der Waals surface area contributed by atoms with Crippen molar-refractivity contribution in [3.05, 3.63) is 83.2 Å². The highest BCUT2D eigenvalue weighted by Gasteiger charge is 2.36. The fourth-order valence-corrected chi connectivity index (χ4v) is 6.61.